The molecule has 0 spiro atoms. The predicted molar refractivity (Wildman–Crippen MR) is 66.0 cm³/mol. The van der Waals surface area contributed by atoms with E-state index in [1.807, 2.05) is 0 Å². The second-order valence-electron chi connectivity index (χ2n) is 3.77. The number of hydrogen-bond donors (Lipinski definition) is 0. The summed E-state index contributed by atoms with van der Waals surface area (Å²) in [6, 6.07) is 10.9. The van der Waals surface area contributed by atoms with E-state index in [1.165, 1.54) is 18.2 Å². The smallest absolute Gasteiger partial charge is 0.194 e. The fraction of sp³-hybridized carbons (Fsp3) is 0.0714. The van der Waals surface area contributed by atoms with Crippen LogP contribution >= 0.6 is 11.6 Å². The molecular formula is C14H10ClFO. The first kappa shape index (κ1) is 11.8. The molecule has 0 unspecified atom stereocenters. The third-order valence-electron chi connectivity index (χ3n) is 2.55. The van der Waals surface area contributed by atoms with Crippen LogP contribution in [-0.4, -0.2) is 5.78 Å². The van der Waals surface area contributed by atoms with E-state index in [2.05, 4.69) is 0 Å². The molecule has 17 heavy (non-hydrogen) atoms. The summed E-state index contributed by atoms with van der Waals surface area (Å²) >= 11 is 5.96. The number of halogens is 2. The molecule has 0 heterocycles. The van der Waals surface area contributed by atoms with Crippen LogP contribution in [0.3, 0.4) is 0 Å². The molecule has 0 aliphatic carbocycles. The Morgan fingerprint density at radius 2 is 1.82 bits per heavy atom. The second-order valence-corrected chi connectivity index (χ2v) is 4.18. The summed E-state index contributed by atoms with van der Waals surface area (Å²) in [5.41, 5.74) is 1.51. The van der Waals surface area contributed by atoms with Crippen molar-refractivity contribution in [1.29, 1.82) is 0 Å². The predicted octanol–water partition coefficient (Wildman–Crippen LogP) is 4.02. The van der Waals surface area contributed by atoms with Crippen molar-refractivity contribution in [2.24, 2.45) is 0 Å². The summed E-state index contributed by atoms with van der Waals surface area (Å²) < 4.78 is 13.0. The molecule has 0 saturated carbocycles. The molecule has 0 aliphatic heterocycles. The van der Waals surface area contributed by atoms with Gasteiger partial charge in [0, 0.05) is 11.1 Å². The molecule has 0 atom stereocenters. The lowest BCUT2D eigenvalue weighted by atomic mass is 9.99. The van der Waals surface area contributed by atoms with Crippen LogP contribution in [0.2, 0.25) is 5.02 Å². The molecule has 0 aromatic heterocycles. The Kier molecular flexibility index (Phi) is 3.25. The van der Waals surface area contributed by atoms with Crippen molar-refractivity contribution in [3.63, 3.8) is 0 Å². The summed E-state index contributed by atoms with van der Waals surface area (Å²) in [6.45, 7) is 1.70. The van der Waals surface area contributed by atoms with Gasteiger partial charge in [-0.2, -0.15) is 0 Å². The van der Waals surface area contributed by atoms with Crippen LogP contribution in [0.25, 0.3) is 0 Å². The lowest BCUT2D eigenvalue weighted by Crippen LogP contribution is -2.04. The van der Waals surface area contributed by atoms with Crippen LogP contribution in [0, 0.1) is 12.7 Å². The summed E-state index contributed by atoms with van der Waals surface area (Å²) in [7, 11) is 0. The highest BCUT2D eigenvalue weighted by Crippen LogP contribution is 2.21. The Hall–Kier alpha value is -1.67. The number of aryl methyl sites for hydroxylation is 1. The Bertz CT molecular complexity index is 578. The van der Waals surface area contributed by atoms with Crippen molar-refractivity contribution in [3.8, 4) is 0 Å². The van der Waals surface area contributed by atoms with Crippen molar-refractivity contribution >= 4 is 17.4 Å². The first-order valence-corrected chi connectivity index (χ1v) is 5.53. The molecule has 86 valence electrons. The quantitative estimate of drug-likeness (QED) is 0.734. The van der Waals surface area contributed by atoms with E-state index in [4.69, 9.17) is 11.6 Å². The molecule has 3 heteroatoms. The lowest BCUT2D eigenvalue weighted by Gasteiger charge is -2.06. The van der Waals surface area contributed by atoms with Crippen LogP contribution in [-0.2, 0) is 0 Å². The van der Waals surface area contributed by atoms with Gasteiger partial charge < -0.3 is 0 Å². The van der Waals surface area contributed by atoms with E-state index in [0.29, 0.717) is 21.7 Å². The standard InChI is InChI=1S/C14H10ClFO/c1-9-8-10(16)6-7-11(9)14(17)12-4-2-3-5-13(12)15/h2-8H,1H3. The van der Waals surface area contributed by atoms with Crippen LogP contribution in [0.1, 0.15) is 21.5 Å². The lowest BCUT2D eigenvalue weighted by molar-refractivity contribution is 0.103. The molecule has 1 nitrogen and oxygen atoms in total. The summed E-state index contributed by atoms with van der Waals surface area (Å²) in [5.74, 6) is -0.536. The summed E-state index contributed by atoms with van der Waals surface area (Å²) in [6.07, 6.45) is 0. The van der Waals surface area contributed by atoms with Crippen molar-refractivity contribution in [2.75, 3.05) is 0 Å². The Labute approximate surface area is 104 Å². The van der Waals surface area contributed by atoms with Gasteiger partial charge in [0.25, 0.3) is 0 Å². The second kappa shape index (κ2) is 4.68. The highest BCUT2D eigenvalue weighted by molar-refractivity contribution is 6.35. The normalized spacial score (nSPS) is 10.3. The van der Waals surface area contributed by atoms with Gasteiger partial charge in [-0.05, 0) is 42.8 Å². The minimum Gasteiger partial charge on any atom is -0.289 e. The first-order valence-electron chi connectivity index (χ1n) is 5.15. The molecule has 0 bridgehead atoms. The van der Waals surface area contributed by atoms with Crippen LogP contribution in [0.4, 0.5) is 4.39 Å². The van der Waals surface area contributed by atoms with Gasteiger partial charge in [-0.25, -0.2) is 4.39 Å². The van der Waals surface area contributed by atoms with E-state index in [9.17, 15) is 9.18 Å². The van der Waals surface area contributed by atoms with Crippen molar-refractivity contribution < 1.29 is 9.18 Å². The van der Waals surface area contributed by atoms with Gasteiger partial charge in [0.1, 0.15) is 5.82 Å². The zero-order chi connectivity index (χ0) is 12.4. The average Bonchev–Trinajstić information content (AvgIpc) is 2.29. The maximum Gasteiger partial charge on any atom is 0.194 e. The fourth-order valence-electron chi connectivity index (χ4n) is 1.67. The van der Waals surface area contributed by atoms with Gasteiger partial charge in [-0.15, -0.1) is 0 Å². The minimum atomic E-state index is -0.349. The highest BCUT2D eigenvalue weighted by Gasteiger charge is 2.14. The minimum absolute atomic E-state index is 0.187. The van der Waals surface area contributed by atoms with Crippen LogP contribution in [0.15, 0.2) is 42.5 Å². The van der Waals surface area contributed by atoms with E-state index >= 15 is 0 Å². The van der Waals surface area contributed by atoms with Gasteiger partial charge in [-0.3, -0.25) is 4.79 Å². The number of carbonyl (C=O) groups is 1. The molecule has 0 N–H and O–H groups in total. The number of ketones is 1. The molecule has 0 aliphatic rings. The summed E-state index contributed by atoms with van der Waals surface area (Å²) in [4.78, 5) is 12.2. The number of hydrogen-bond acceptors (Lipinski definition) is 1. The third-order valence-corrected chi connectivity index (χ3v) is 2.88. The van der Waals surface area contributed by atoms with Gasteiger partial charge in [-0.1, -0.05) is 23.7 Å². The van der Waals surface area contributed by atoms with Crippen LogP contribution in [0.5, 0.6) is 0 Å². The monoisotopic (exact) mass is 248 g/mol. The molecule has 2 aromatic carbocycles. The third kappa shape index (κ3) is 2.37. The molecule has 0 saturated heterocycles. The molecule has 0 radical (unpaired) electrons. The number of benzene rings is 2. The SMILES string of the molecule is Cc1cc(F)ccc1C(=O)c1ccccc1Cl. The largest absolute Gasteiger partial charge is 0.289 e. The maximum absolute atomic E-state index is 13.0. The van der Waals surface area contributed by atoms with Crippen molar-refractivity contribution in [2.45, 2.75) is 6.92 Å². The molecule has 2 rings (SSSR count). The maximum atomic E-state index is 13.0. The van der Waals surface area contributed by atoms with Crippen molar-refractivity contribution in [1.82, 2.24) is 0 Å². The molecule has 2 aromatic rings. The van der Waals surface area contributed by atoms with Gasteiger partial charge >= 0.3 is 0 Å². The number of carbonyl (C=O) groups excluding carboxylic acids is 1. The fourth-order valence-corrected chi connectivity index (χ4v) is 1.89. The van der Waals surface area contributed by atoms with Crippen LogP contribution < -0.4 is 0 Å². The van der Waals surface area contributed by atoms with E-state index in [0.717, 1.165) is 0 Å². The zero-order valence-electron chi connectivity index (χ0n) is 9.21. The van der Waals surface area contributed by atoms with E-state index in [-0.39, 0.29) is 11.6 Å². The zero-order valence-corrected chi connectivity index (χ0v) is 9.96. The Morgan fingerprint density at radius 3 is 2.47 bits per heavy atom. The topological polar surface area (TPSA) is 17.1 Å². The molecule has 0 amide bonds. The van der Waals surface area contributed by atoms with Gasteiger partial charge in [0.2, 0.25) is 0 Å². The molecular weight excluding hydrogens is 239 g/mol. The van der Waals surface area contributed by atoms with E-state index < -0.39 is 0 Å². The average molecular weight is 249 g/mol. The number of rotatable bonds is 2. The van der Waals surface area contributed by atoms with Crippen molar-refractivity contribution in [3.05, 3.63) is 70.0 Å². The Balaban J connectivity index is 2.48. The van der Waals surface area contributed by atoms with E-state index in [1.54, 1.807) is 31.2 Å². The molecule has 0 fully saturated rings. The Morgan fingerprint density at radius 1 is 1.12 bits per heavy atom. The first-order chi connectivity index (χ1) is 8.09. The summed E-state index contributed by atoms with van der Waals surface area (Å²) in [5, 5.41) is 0.404. The van der Waals surface area contributed by atoms with Gasteiger partial charge in [0.15, 0.2) is 5.78 Å². The highest BCUT2D eigenvalue weighted by atomic mass is 35.5. The van der Waals surface area contributed by atoms with Gasteiger partial charge in [0.05, 0.1) is 5.02 Å².